The highest BCUT2D eigenvalue weighted by Gasteiger charge is 2.29. The van der Waals surface area contributed by atoms with Crippen LogP contribution in [0.3, 0.4) is 0 Å². The van der Waals surface area contributed by atoms with Crippen LogP contribution in [0.25, 0.3) is 22.1 Å². The molecule has 306 valence electrons. The average Bonchev–Trinajstić information content (AvgIpc) is 4.01. The summed E-state index contributed by atoms with van der Waals surface area (Å²) in [4.78, 5) is 49.1. The molecule has 1 aliphatic heterocycles. The molecule has 2 aromatic carbocycles. The number of aromatic nitrogens is 6. The predicted molar refractivity (Wildman–Crippen MR) is 219 cm³/mol. The molecule has 3 unspecified atom stereocenters. The Balaban J connectivity index is 1.19. The Kier molecular flexibility index (Phi) is 11.5. The number of aliphatic hydroxyl groups excluding tert-OH is 1. The van der Waals surface area contributed by atoms with Crippen LogP contribution in [0.5, 0.6) is 11.5 Å². The fraction of sp³-hybridized carbons (Fsp3) is 0.476. The molecule has 5 aromatic rings. The highest BCUT2D eigenvalue weighted by atomic mass is 16.5. The summed E-state index contributed by atoms with van der Waals surface area (Å²) in [7, 11) is 0. The van der Waals surface area contributed by atoms with E-state index in [0.29, 0.717) is 63.5 Å². The van der Waals surface area contributed by atoms with E-state index >= 15 is 0 Å². The van der Waals surface area contributed by atoms with Crippen molar-refractivity contribution < 1.29 is 29.0 Å². The summed E-state index contributed by atoms with van der Waals surface area (Å²) in [6, 6.07) is 8.50. The van der Waals surface area contributed by atoms with Gasteiger partial charge in [0.25, 0.3) is 11.8 Å². The maximum Gasteiger partial charge on any atom is 0.276 e. The van der Waals surface area contributed by atoms with E-state index in [1.165, 1.54) is 6.42 Å². The molecule has 8 rings (SSSR count). The van der Waals surface area contributed by atoms with Gasteiger partial charge in [0.2, 0.25) is 11.9 Å². The summed E-state index contributed by atoms with van der Waals surface area (Å²) in [5.41, 5.74) is 10.8. The fourth-order valence-electron chi connectivity index (χ4n) is 8.64. The highest BCUT2D eigenvalue weighted by molar-refractivity contribution is 6.03. The number of allylic oxidation sites excluding steroid dienone is 2. The van der Waals surface area contributed by atoms with Crippen LogP contribution in [0.1, 0.15) is 95.2 Å². The zero-order valence-corrected chi connectivity index (χ0v) is 33.1. The zero-order valence-electron chi connectivity index (χ0n) is 33.1. The smallest absolute Gasteiger partial charge is 0.276 e. The number of nitrogens with two attached hydrogens (primary N) is 1. The van der Waals surface area contributed by atoms with E-state index in [0.717, 1.165) is 56.9 Å². The lowest BCUT2D eigenvalue weighted by atomic mass is 9.95. The van der Waals surface area contributed by atoms with E-state index in [-0.39, 0.29) is 74.1 Å². The molecular formula is C42H52N10O6. The van der Waals surface area contributed by atoms with Gasteiger partial charge in [-0.15, -0.1) is 0 Å². The molecule has 0 spiro atoms. The molecule has 16 heteroatoms. The van der Waals surface area contributed by atoms with Crippen molar-refractivity contribution in [2.75, 3.05) is 30.9 Å². The minimum Gasteiger partial charge on any atom is -0.490 e. The van der Waals surface area contributed by atoms with E-state index in [4.69, 9.17) is 20.2 Å². The van der Waals surface area contributed by atoms with E-state index in [2.05, 4.69) is 26.0 Å². The van der Waals surface area contributed by atoms with Crippen molar-refractivity contribution in [1.29, 1.82) is 0 Å². The number of anilines is 2. The van der Waals surface area contributed by atoms with Crippen LogP contribution in [0.15, 0.2) is 42.5 Å². The number of carbonyl (C=O) groups is 3. The van der Waals surface area contributed by atoms with Crippen LogP contribution in [0, 0.1) is 12.8 Å². The van der Waals surface area contributed by atoms with Crippen molar-refractivity contribution in [3.8, 4) is 11.5 Å². The third-order valence-corrected chi connectivity index (χ3v) is 11.6. The first-order chi connectivity index (χ1) is 28.2. The maximum absolute atomic E-state index is 13.7. The van der Waals surface area contributed by atoms with Gasteiger partial charge in [-0.25, -0.2) is 9.97 Å². The molecule has 0 saturated heterocycles. The lowest BCUT2D eigenvalue weighted by Crippen LogP contribution is -2.44. The van der Waals surface area contributed by atoms with Gasteiger partial charge >= 0.3 is 0 Å². The van der Waals surface area contributed by atoms with Crippen molar-refractivity contribution in [2.24, 2.45) is 5.92 Å². The first-order valence-corrected chi connectivity index (χ1v) is 20.4. The Morgan fingerprint density at radius 2 is 1.60 bits per heavy atom. The minimum atomic E-state index is -0.372. The van der Waals surface area contributed by atoms with E-state index in [9.17, 15) is 19.5 Å². The van der Waals surface area contributed by atoms with Gasteiger partial charge in [0, 0.05) is 49.5 Å². The minimum absolute atomic E-state index is 0.114. The highest BCUT2D eigenvalue weighted by Crippen LogP contribution is 2.34. The lowest BCUT2D eigenvalue weighted by Gasteiger charge is -2.25. The molecule has 2 amide bonds. The number of ether oxygens (including phenoxy) is 2. The number of aliphatic hydroxyl groups is 1. The second kappa shape index (κ2) is 17.0. The molecule has 3 aromatic heterocycles. The number of hydrogen-bond donors (Lipinski definition) is 5. The maximum atomic E-state index is 13.7. The largest absolute Gasteiger partial charge is 0.490 e. The van der Waals surface area contributed by atoms with Gasteiger partial charge in [0.05, 0.1) is 22.8 Å². The molecule has 0 radical (unpaired) electrons. The summed E-state index contributed by atoms with van der Waals surface area (Å²) < 4.78 is 18.6. The normalized spacial score (nSPS) is 20.8. The third kappa shape index (κ3) is 8.16. The number of benzene rings is 2. The van der Waals surface area contributed by atoms with Gasteiger partial charge < -0.3 is 40.1 Å². The second-order valence-corrected chi connectivity index (χ2v) is 15.7. The number of imidazole rings is 2. The molecule has 2 fully saturated rings. The second-order valence-electron chi connectivity index (χ2n) is 15.7. The number of nitrogens with one attached hydrogen (secondary N) is 3. The molecule has 4 heterocycles. The first-order valence-electron chi connectivity index (χ1n) is 20.4. The summed E-state index contributed by atoms with van der Waals surface area (Å²) >= 11 is 0. The SMILES string of the molecule is CCn1nc(C)cc1C(=O)Nc1nc2cc(C=O)cc3c2n1C/C=C/Cn1c(N)nc2cc(C(=O)NC4CCCCC4)cc(c21)OCC(NC1CCC(CO)C1)CO3. The Morgan fingerprint density at radius 3 is 2.33 bits per heavy atom. The van der Waals surface area contributed by atoms with Crippen molar-refractivity contribution >= 4 is 52.1 Å². The molecule has 2 aliphatic carbocycles. The van der Waals surface area contributed by atoms with Gasteiger partial charge in [-0.3, -0.25) is 24.4 Å². The van der Waals surface area contributed by atoms with E-state index in [1.807, 2.05) is 35.1 Å². The quantitative estimate of drug-likeness (QED) is 0.102. The van der Waals surface area contributed by atoms with Gasteiger partial charge in [-0.05, 0) is 82.2 Å². The molecule has 3 atom stereocenters. The Hall–Kier alpha value is -5.74. The Labute approximate surface area is 336 Å². The molecule has 6 N–H and O–H groups in total. The molecular weight excluding hydrogens is 741 g/mol. The van der Waals surface area contributed by atoms with E-state index in [1.54, 1.807) is 35.0 Å². The summed E-state index contributed by atoms with van der Waals surface area (Å²) in [6.45, 7) is 5.31. The van der Waals surface area contributed by atoms with Gasteiger partial charge in [-0.1, -0.05) is 31.4 Å². The molecule has 16 nitrogen and oxygen atoms in total. The number of amides is 2. The standard InChI is InChI=1S/C42H52N10O6/c1-3-52-34(15-25(2)49-52)40(56)48-42-47-32-17-27(22-54)18-35-38(32)51(42)14-8-7-13-50-37-33(46-41(50)43)19-28(39(55)45-29-9-5-4-6-10-29)20-36(37)58-24-31(23-57-35)44-30-12-11-26(16-30)21-53/h7-8,15,17-20,22,26,29-31,44,53H,3-6,9-14,16,21,23-24H2,1-2H3,(H2,43,46)(H,45,55)(H,47,48,56)/b8-7+. The van der Waals surface area contributed by atoms with Crippen LogP contribution >= 0.6 is 0 Å². The number of aldehydes is 1. The number of nitrogen functional groups attached to an aromatic ring is 1. The van der Waals surface area contributed by atoms with Crippen LogP contribution in [0.4, 0.5) is 11.9 Å². The van der Waals surface area contributed by atoms with Gasteiger partial charge in [0.15, 0.2) is 0 Å². The zero-order chi connectivity index (χ0) is 40.3. The predicted octanol–water partition coefficient (Wildman–Crippen LogP) is 4.77. The topological polar surface area (TPSA) is 205 Å². The number of nitrogens with zero attached hydrogens (tertiary/aromatic N) is 6. The monoisotopic (exact) mass is 792 g/mol. The third-order valence-electron chi connectivity index (χ3n) is 11.6. The van der Waals surface area contributed by atoms with E-state index < -0.39 is 0 Å². The molecule has 58 heavy (non-hydrogen) atoms. The summed E-state index contributed by atoms with van der Waals surface area (Å²) in [5.74, 6) is 1.09. The van der Waals surface area contributed by atoms with Crippen LogP contribution in [0.2, 0.25) is 0 Å². The summed E-state index contributed by atoms with van der Waals surface area (Å²) in [6.07, 6.45) is 12.5. The number of carbonyl (C=O) groups excluding carboxylic acids is 3. The number of rotatable bonds is 9. The van der Waals surface area contributed by atoms with Crippen molar-refractivity contribution in [1.82, 2.24) is 39.5 Å². The van der Waals surface area contributed by atoms with Gasteiger partial charge in [0.1, 0.15) is 47.7 Å². The average molecular weight is 793 g/mol. The molecule has 3 aliphatic rings. The first kappa shape index (κ1) is 39.1. The van der Waals surface area contributed by atoms with Crippen LogP contribution in [-0.2, 0) is 19.6 Å². The Bertz CT molecular complexity index is 2350. The lowest BCUT2D eigenvalue weighted by molar-refractivity contribution is 0.0926. The fourth-order valence-corrected chi connectivity index (χ4v) is 8.64. The Morgan fingerprint density at radius 1 is 0.879 bits per heavy atom. The number of hydrogen-bond acceptors (Lipinski definition) is 11. The van der Waals surface area contributed by atoms with Crippen molar-refractivity contribution in [3.63, 3.8) is 0 Å². The summed E-state index contributed by atoms with van der Waals surface area (Å²) in [5, 5.41) is 24.3. The number of aryl methyl sites for hydroxylation is 2. The molecule has 0 bridgehead atoms. The van der Waals surface area contributed by atoms with Crippen LogP contribution in [-0.4, -0.2) is 90.0 Å². The van der Waals surface area contributed by atoms with Crippen molar-refractivity contribution in [3.05, 3.63) is 65.0 Å². The van der Waals surface area contributed by atoms with Crippen molar-refractivity contribution in [2.45, 2.75) is 103 Å². The molecule has 2 saturated carbocycles. The van der Waals surface area contributed by atoms with Crippen LogP contribution < -0.4 is 31.2 Å². The van der Waals surface area contributed by atoms with Gasteiger partial charge in [-0.2, -0.15) is 5.10 Å².